The molecule has 2 aliphatic rings. The summed E-state index contributed by atoms with van der Waals surface area (Å²) in [6.07, 6.45) is 4.29. The molecule has 2 aromatic carbocycles. The summed E-state index contributed by atoms with van der Waals surface area (Å²) >= 11 is 0. The number of benzene rings is 2. The SMILES string of the molecule is Cc1ccc(NC(=O)c2cc(CN3CCN(C)CC3)cc(C(C)(C)C)c2)cc1-c1cc(C(=O)NC2CCCC2)on1. The molecule has 8 heteroatoms. The van der Waals surface area contributed by atoms with Gasteiger partial charge in [-0.15, -0.1) is 0 Å². The molecule has 0 atom stereocenters. The molecule has 0 spiro atoms. The smallest absolute Gasteiger partial charge is 0.290 e. The van der Waals surface area contributed by atoms with Crippen molar-refractivity contribution in [3.8, 4) is 11.3 Å². The number of nitrogens with zero attached hydrogens (tertiary/aromatic N) is 3. The third kappa shape index (κ3) is 7.24. The van der Waals surface area contributed by atoms with Crippen molar-refractivity contribution in [1.29, 1.82) is 0 Å². The van der Waals surface area contributed by atoms with Crippen LogP contribution in [0.3, 0.4) is 0 Å². The molecule has 0 radical (unpaired) electrons. The van der Waals surface area contributed by atoms with Gasteiger partial charge in [-0.2, -0.15) is 0 Å². The van der Waals surface area contributed by atoms with Crippen LogP contribution in [0.4, 0.5) is 5.69 Å². The highest BCUT2D eigenvalue weighted by Gasteiger charge is 2.23. The molecule has 8 nitrogen and oxygen atoms in total. The van der Waals surface area contributed by atoms with E-state index in [4.69, 9.17) is 4.52 Å². The zero-order valence-corrected chi connectivity index (χ0v) is 25.0. The Bertz CT molecular complexity index is 1390. The summed E-state index contributed by atoms with van der Waals surface area (Å²) in [6.45, 7) is 13.5. The van der Waals surface area contributed by atoms with Gasteiger partial charge in [-0.25, -0.2) is 0 Å². The zero-order valence-electron chi connectivity index (χ0n) is 25.0. The van der Waals surface area contributed by atoms with Gasteiger partial charge < -0.3 is 20.1 Å². The molecule has 3 aromatic rings. The van der Waals surface area contributed by atoms with Gasteiger partial charge in [-0.05, 0) is 73.2 Å². The fraction of sp³-hybridized carbons (Fsp3) is 0.485. The first-order chi connectivity index (χ1) is 19.5. The predicted octanol–water partition coefficient (Wildman–Crippen LogP) is 5.62. The number of hydrogen-bond donors (Lipinski definition) is 2. The van der Waals surface area contributed by atoms with E-state index in [0.29, 0.717) is 16.9 Å². The van der Waals surface area contributed by atoms with E-state index in [-0.39, 0.29) is 29.0 Å². The van der Waals surface area contributed by atoms with Crippen LogP contribution in [0, 0.1) is 6.92 Å². The van der Waals surface area contributed by atoms with E-state index in [9.17, 15) is 9.59 Å². The van der Waals surface area contributed by atoms with Crippen LogP contribution in [0.15, 0.2) is 47.0 Å². The molecule has 1 aliphatic carbocycles. The fourth-order valence-electron chi connectivity index (χ4n) is 5.63. The van der Waals surface area contributed by atoms with Gasteiger partial charge in [-0.3, -0.25) is 14.5 Å². The molecule has 2 N–H and O–H groups in total. The first-order valence-corrected chi connectivity index (χ1v) is 14.8. The highest BCUT2D eigenvalue weighted by molar-refractivity contribution is 6.05. The predicted molar refractivity (Wildman–Crippen MR) is 162 cm³/mol. The largest absolute Gasteiger partial charge is 0.350 e. The van der Waals surface area contributed by atoms with Crippen molar-refractivity contribution in [3.63, 3.8) is 0 Å². The third-order valence-corrected chi connectivity index (χ3v) is 8.32. The molecule has 1 saturated heterocycles. The van der Waals surface area contributed by atoms with Crippen molar-refractivity contribution in [2.24, 2.45) is 0 Å². The third-order valence-electron chi connectivity index (χ3n) is 8.32. The van der Waals surface area contributed by atoms with Gasteiger partial charge in [0.25, 0.3) is 11.8 Å². The van der Waals surface area contributed by atoms with Gasteiger partial charge in [0, 0.05) is 61.6 Å². The molecule has 1 aliphatic heterocycles. The number of hydrogen-bond acceptors (Lipinski definition) is 6. The second kappa shape index (κ2) is 12.2. The maximum absolute atomic E-state index is 13.6. The van der Waals surface area contributed by atoms with E-state index in [1.54, 1.807) is 6.07 Å². The molecule has 41 heavy (non-hydrogen) atoms. The summed E-state index contributed by atoms with van der Waals surface area (Å²) in [5, 5.41) is 10.3. The van der Waals surface area contributed by atoms with Crippen molar-refractivity contribution in [2.75, 3.05) is 38.5 Å². The number of nitrogens with one attached hydrogen (secondary N) is 2. The molecular formula is C33H43N5O3. The number of piperazine rings is 1. The fourth-order valence-corrected chi connectivity index (χ4v) is 5.63. The summed E-state index contributed by atoms with van der Waals surface area (Å²) < 4.78 is 5.41. The Balaban J connectivity index is 1.33. The normalized spacial score (nSPS) is 17.1. The lowest BCUT2D eigenvalue weighted by Crippen LogP contribution is -2.43. The lowest BCUT2D eigenvalue weighted by atomic mass is 9.85. The standard InChI is InChI=1S/C33H43N5O3/c1-22-10-11-27(19-28(22)29-20-30(41-36-29)32(40)34-26-8-6-7-9-26)35-31(39)24-16-23(17-25(18-24)33(2,3)4)21-38-14-12-37(5)13-15-38/h10-11,16-20,26H,6-9,12-15,21H2,1-5H3,(H,34,40)(H,35,39). The molecule has 1 aromatic heterocycles. The van der Waals surface area contributed by atoms with Gasteiger partial charge in [0.15, 0.2) is 0 Å². The van der Waals surface area contributed by atoms with E-state index in [1.807, 2.05) is 37.3 Å². The van der Waals surface area contributed by atoms with E-state index < -0.39 is 0 Å². The van der Waals surface area contributed by atoms with Gasteiger partial charge in [0.2, 0.25) is 5.76 Å². The van der Waals surface area contributed by atoms with Crippen LogP contribution >= 0.6 is 0 Å². The van der Waals surface area contributed by atoms with E-state index in [1.165, 1.54) is 0 Å². The summed E-state index contributed by atoms with van der Waals surface area (Å²) in [7, 11) is 2.16. The van der Waals surface area contributed by atoms with E-state index in [0.717, 1.165) is 80.7 Å². The van der Waals surface area contributed by atoms with Crippen molar-refractivity contribution in [1.82, 2.24) is 20.3 Å². The molecule has 5 rings (SSSR count). The second-order valence-corrected chi connectivity index (χ2v) is 12.8. The molecular weight excluding hydrogens is 514 g/mol. The lowest BCUT2D eigenvalue weighted by Gasteiger charge is -2.32. The van der Waals surface area contributed by atoms with Crippen LogP contribution in [0.25, 0.3) is 11.3 Å². The first-order valence-electron chi connectivity index (χ1n) is 14.8. The van der Waals surface area contributed by atoms with Crippen molar-refractivity contribution >= 4 is 17.5 Å². The van der Waals surface area contributed by atoms with Crippen LogP contribution in [-0.2, 0) is 12.0 Å². The zero-order chi connectivity index (χ0) is 29.1. The van der Waals surface area contributed by atoms with Crippen LogP contribution in [0.5, 0.6) is 0 Å². The minimum absolute atomic E-state index is 0.0844. The number of aryl methyl sites for hydroxylation is 1. The van der Waals surface area contributed by atoms with Gasteiger partial charge in [-0.1, -0.05) is 50.9 Å². The van der Waals surface area contributed by atoms with Crippen LogP contribution in [0.1, 0.15) is 84.1 Å². The molecule has 2 amide bonds. The number of rotatable bonds is 7. The van der Waals surface area contributed by atoms with Gasteiger partial charge in [0.1, 0.15) is 5.69 Å². The summed E-state index contributed by atoms with van der Waals surface area (Å²) in [5.41, 5.74) is 5.88. The maximum atomic E-state index is 13.6. The van der Waals surface area contributed by atoms with Gasteiger partial charge in [0.05, 0.1) is 0 Å². The molecule has 0 unspecified atom stereocenters. The van der Waals surface area contributed by atoms with E-state index in [2.05, 4.69) is 59.5 Å². The van der Waals surface area contributed by atoms with Crippen LogP contribution in [-0.4, -0.2) is 66.0 Å². The number of anilines is 1. The topological polar surface area (TPSA) is 90.7 Å². The Morgan fingerprint density at radius 2 is 1.71 bits per heavy atom. The molecule has 2 heterocycles. The summed E-state index contributed by atoms with van der Waals surface area (Å²) in [4.78, 5) is 31.0. The molecule has 0 bridgehead atoms. The Labute approximate surface area is 243 Å². The number of carbonyl (C=O) groups is 2. The lowest BCUT2D eigenvalue weighted by molar-refractivity contribution is 0.0900. The van der Waals surface area contributed by atoms with Crippen molar-refractivity contribution in [2.45, 2.75) is 71.4 Å². The van der Waals surface area contributed by atoms with Crippen LogP contribution < -0.4 is 10.6 Å². The molecule has 218 valence electrons. The number of likely N-dealkylation sites (N-methyl/N-ethyl adjacent to an activating group) is 1. The average Bonchev–Trinajstić information content (AvgIpc) is 3.63. The minimum atomic E-state index is -0.233. The average molecular weight is 558 g/mol. The van der Waals surface area contributed by atoms with E-state index >= 15 is 0 Å². The Kier molecular flexibility index (Phi) is 8.61. The Hall–Kier alpha value is -3.49. The Morgan fingerprint density at radius 1 is 0.976 bits per heavy atom. The summed E-state index contributed by atoms with van der Waals surface area (Å²) in [5.74, 6) is -0.182. The van der Waals surface area contributed by atoms with Crippen LogP contribution in [0.2, 0.25) is 0 Å². The maximum Gasteiger partial charge on any atom is 0.290 e. The summed E-state index contributed by atoms with van der Waals surface area (Å²) in [6, 6.07) is 13.9. The molecule has 1 saturated carbocycles. The monoisotopic (exact) mass is 557 g/mol. The van der Waals surface area contributed by atoms with Gasteiger partial charge >= 0.3 is 0 Å². The number of carbonyl (C=O) groups excluding carboxylic acids is 2. The first kappa shape index (κ1) is 29.0. The quantitative estimate of drug-likeness (QED) is 0.392. The van der Waals surface area contributed by atoms with Crippen molar-refractivity contribution in [3.05, 3.63) is 70.5 Å². The Morgan fingerprint density at radius 3 is 2.41 bits per heavy atom. The minimum Gasteiger partial charge on any atom is -0.350 e. The molecule has 2 fully saturated rings. The second-order valence-electron chi connectivity index (χ2n) is 12.8. The highest BCUT2D eigenvalue weighted by atomic mass is 16.5. The number of aromatic nitrogens is 1. The van der Waals surface area contributed by atoms with Crippen molar-refractivity contribution < 1.29 is 14.1 Å². The highest BCUT2D eigenvalue weighted by Crippen LogP contribution is 2.29. The number of amides is 2.